The molecule has 0 N–H and O–H groups in total. The standard InChI is InChI=1S/C23H22O3/c1-3-14-25-23-13-10-20-15-19(6-9-21(20)16-23)5-4-18-7-11-22(12-8-18)26-17(2)24/h4-13,15-16H,3,14H2,1-2H3/b5-4+. The smallest absolute Gasteiger partial charge is 0.308 e. The van der Waals surface area contributed by atoms with E-state index in [1.165, 1.54) is 17.7 Å². The van der Waals surface area contributed by atoms with Gasteiger partial charge < -0.3 is 9.47 Å². The van der Waals surface area contributed by atoms with Gasteiger partial charge >= 0.3 is 5.97 Å². The molecule has 0 aromatic heterocycles. The van der Waals surface area contributed by atoms with Gasteiger partial charge in [-0.25, -0.2) is 0 Å². The average molecular weight is 346 g/mol. The van der Waals surface area contributed by atoms with Gasteiger partial charge in [0.15, 0.2) is 0 Å². The highest BCUT2D eigenvalue weighted by Gasteiger charge is 1.99. The molecule has 0 aliphatic rings. The fraction of sp³-hybridized carbons (Fsp3) is 0.174. The van der Waals surface area contributed by atoms with E-state index in [0.717, 1.165) is 29.9 Å². The van der Waals surface area contributed by atoms with Crippen LogP contribution in [0, 0.1) is 0 Å². The van der Waals surface area contributed by atoms with E-state index in [2.05, 4.69) is 43.3 Å². The van der Waals surface area contributed by atoms with Crippen LogP contribution >= 0.6 is 0 Å². The van der Waals surface area contributed by atoms with Crippen molar-refractivity contribution >= 4 is 28.9 Å². The first-order valence-electron chi connectivity index (χ1n) is 8.77. The Hall–Kier alpha value is -3.07. The van der Waals surface area contributed by atoms with E-state index in [0.29, 0.717) is 5.75 Å². The maximum absolute atomic E-state index is 10.9. The van der Waals surface area contributed by atoms with E-state index in [1.807, 2.05) is 24.3 Å². The first-order valence-corrected chi connectivity index (χ1v) is 8.77. The number of ether oxygens (including phenoxy) is 2. The number of benzene rings is 3. The average Bonchev–Trinajstić information content (AvgIpc) is 2.65. The Labute approximate surface area is 153 Å². The van der Waals surface area contributed by atoms with Crippen molar-refractivity contribution in [3.63, 3.8) is 0 Å². The summed E-state index contributed by atoms with van der Waals surface area (Å²) >= 11 is 0. The molecule has 3 nitrogen and oxygen atoms in total. The minimum Gasteiger partial charge on any atom is -0.494 e. The quantitative estimate of drug-likeness (QED) is 0.325. The Balaban J connectivity index is 1.73. The summed E-state index contributed by atoms with van der Waals surface area (Å²) in [6.07, 6.45) is 5.11. The van der Waals surface area contributed by atoms with Crippen molar-refractivity contribution in [2.24, 2.45) is 0 Å². The van der Waals surface area contributed by atoms with Gasteiger partial charge in [0.25, 0.3) is 0 Å². The highest BCUT2D eigenvalue weighted by atomic mass is 16.5. The summed E-state index contributed by atoms with van der Waals surface area (Å²) < 4.78 is 10.7. The molecule has 0 aliphatic carbocycles. The molecule has 3 aromatic carbocycles. The van der Waals surface area contributed by atoms with Gasteiger partial charge in [-0.1, -0.05) is 49.4 Å². The van der Waals surface area contributed by atoms with Gasteiger partial charge in [0.1, 0.15) is 11.5 Å². The van der Waals surface area contributed by atoms with Crippen LogP contribution in [0.15, 0.2) is 60.7 Å². The Morgan fingerprint density at radius 1 is 0.846 bits per heavy atom. The van der Waals surface area contributed by atoms with Crippen molar-refractivity contribution in [3.8, 4) is 11.5 Å². The molecular formula is C23H22O3. The van der Waals surface area contributed by atoms with Crippen LogP contribution in [0.3, 0.4) is 0 Å². The van der Waals surface area contributed by atoms with Crippen LogP contribution in [0.2, 0.25) is 0 Å². The van der Waals surface area contributed by atoms with Crippen LogP contribution in [0.25, 0.3) is 22.9 Å². The molecule has 0 unspecified atom stereocenters. The summed E-state index contributed by atoms with van der Waals surface area (Å²) in [5.74, 6) is 1.16. The second-order valence-electron chi connectivity index (χ2n) is 6.11. The Bertz CT molecular complexity index is 924. The maximum Gasteiger partial charge on any atom is 0.308 e. The number of fused-ring (bicyclic) bond motifs is 1. The van der Waals surface area contributed by atoms with Gasteiger partial charge in [-0.15, -0.1) is 0 Å². The second-order valence-corrected chi connectivity index (χ2v) is 6.11. The van der Waals surface area contributed by atoms with Crippen molar-refractivity contribution in [3.05, 3.63) is 71.8 Å². The SMILES string of the molecule is CCCOc1ccc2cc(/C=C/c3ccc(OC(C)=O)cc3)ccc2c1. The van der Waals surface area contributed by atoms with Gasteiger partial charge in [-0.3, -0.25) is 4.79 Å². The van der Waals surface area contributed by atoms with E-state index in [1.54, 1.807) is 12.1 Å². The molecule has 3 rings (SSSR count). The summed E-state index contributed by atoms with van der Waals surface area (Å²) in [7, 11) is 0. The van der Waals surface area contributed by atoms with Crippen molar-refractivity contribution in [2.75, 3.05) is 6.61 Å². The van der Waals surface area contributed by atoms with Gasteiger partial charge in [0.05, 0.1) is 6.61 Å². The second kappa shape index (κ2) is 8.34. The minimum absolute atomic E-state index is 0.312. The topological polar surface area (TPSA) is 35.5 Å². The molecule has 3 heteroatoms. The predicted octanol–water partition coefficient (Wildman–Crippen LogP) is 5.72. The normalized spacial score (nSPS) is 11.0. The highest BCUT2D eigenvalue weighted by Crippen LogP contribution is 2.23. The molecule has 3 aromatic rings. The van der Waals surface area contributed by atoms with Crippen molar-refractivity contribution < 1.29 is 14.3 Å². The lowest BCUT2D eigenvalue weighted by Gasteiger charge is -2.06. The number of rotatable bonds is 6. The van der Waals surface area contributed by atoms with Crippen LogP contribution in [-0.2, 0) is 4.79 Å². The summed E-state index contributed by atoms with van der Waals surface area (Å²) in [6.45, 7) is 4.23. The number of esters is 1. The number of carbonyl (C=O) groups is 1. The summed E-state index contributed by atoms with van der Waals surface area (Å²) in [5.41, 5.74) is 2.17. The van der Waals surface area contributed by atoms with Crippen LogP contribution in [0.5, 0.6) is 11.5 Å². The van der Waals surface area contributed by atoms with E-state index in [9.17, 15) is 4.79 Å². The van der Waals surface area contributed by atoms with E-state index >= 15 is 0 Å². The monoisotopic (exact) mass is 346 g/mol. The molecule has 0 amide bonds. The van der Waals surface area contributed by atoms with Crippen LogP contribution < -0.4 is 9.47 Å². The zero-order chi connectivity index (χ0) is 18.4. The molecule has 132 valence electrons. The Morgan fingerprint density at radius 3 is 2.19 bits per heavy atom. The fourth-order valence-electron chi connectivity index (χ4n) is 2.66. The molecule has 26 heavy (non-hydrogen) atoms. The van der Waals surface area contributed by atoms with Gasteiger partial charge in [0.2, 0.25) is 0 Å². The van der Waals surface area contributed by atoms with Gasteiger partial charge in [-0.05, 0) is 58.7 Å². The lowest BCUT2D eigenvalue weighted by molar-refractivity contribution is -0.131. The molecule has 0 saturated carbocycles. The third kappa shape index (κ3) is 4.73. The Morgan fingerprint density at radius 2 is 1.46 bits per heavy atom. The molecule has 0 spiro atoms. The molecule has 0 fully saturated rings. The molecule has 0 radical (unpaired) electrons. The summed E-state index contributed by atoms with van der Waals surface area (Å²) in [6, 6.07) is 20.0. The third-order valence-electron chi connectivity index (χ3n) is 3.92. The van der Waals surface area contributed by atoms with Crippen LogP contribution in [-0.4, -0.2) is 12.6 Å². The molecule has 0 saturated heterocycles. The fourth-order valence-corrected chi connectivity index (χ4v) is 2.66. The first kappa shape index (κ1) is 17.7. The van der Waals surface area contributed by atoms with Crippen molar-refractivity contribution in [2.45, 2.75) is 20.3 Å². The molecule has 0 aliphatic heterocycles. The first-order chi connectivity index (χ1) is 12.6. The molecule has 0 bridgehead atoms. The van der Waals surface area contributed by atoms with Gasteiger partial charge in [0, 0.05) is 6.92 Å². The largest absolute Gasteiger partial charge is 0.494 e. The zero-order valence-corrected chi connectivity index (χ0v) is 15.1. The van der Waals surface area contributed by atoms with Crippen LogP contribution in [0.4, 0.5) is 0 Å². The predicted molar refractivity (Wildman–Crippen MR) is 106 cm³/mol. The van der Waals surface area contributed by atoms with Gasteiger partial charge in [-0.2, -0.15) is 0 Å². The molecule has 0 atom stereocenters. The van der Waals surface area contributed by atoms with Crippen molar-refractivity contribution in [1.29, 1.82) is 0 Å². The number of hydrogen-bond acceptors (Lipinski definition) is 3. The lowest BCUT2D eigenvalue weighted by Crippen LogP contribution is -2.00. The summed E-state index contributed by atoms with van der Waals surface area (Å²) in [4.78, 5) is 10.9. The minimum atomic E-state index is -0.312. The van der Waals surface area contributed by atoms with E-state index in [-0.39, 0.29) is 5.97 Å². The Kier molecular flexibility index (Phi) is 5.69. The molecular weight excluding hydrogens is 324 g/mol. The number of carbonyl (C=O) groups excluding carboxylic acids is 1. The lowest BCUT2D eigenvalue weighted by atomic mass is 10.1. The third-order valence-corrected chi connectivity index (χ3v) is 3.92. The van der Waals surface area contributed by atoms with Crippen molar-refractivity contribution in [1.82, 2.24) is 0 Å². The molecule has 0 heterocycles. The zero-order valence-electron chi connectivity index (χ0n) is 15.1. The number of hydrogen-bond donors (Lipinski definition) is 0. The van der Waals surface area contributed by atoms with E-state index < -0.39 is 0 Å². The van der Waals surface area contributed by atoms with E-state index in [4.69, 9.17) is 9.47 Å². The highest BCUT2D eigenvalue weighted by molar-refractivity contribution is 5.87. The van der Waals surface area contributed by atoms with Crippen LogP contribution in [0.1, 0.15) is 31.4 Å². The maximum atomic E-state index is 10.9. The summed E-state index contributed by atoms with van der Waals surface area (Å²) in [5, 5.41) is 2.35.